The van der Waals surface area contributed by atoms with Crippen molar-refractivity contribution in [1.82, 2.24) is 0 Å². The Labute approximate surface area is 96.7 Å². The number of rotatable bonds is 1. The average molecular weight is 224 g/mol. The molecule has 0 saturated heterocycles. The Balaban J connectivity index is 0. The van der Waals surface area contributed by atoms with Crippen LogP contribution >= 0.6 is 0 Å². The third-order valence-electron chi connectivity index (χ3n) is 1.23. The molecule has 0 N–H and O–H groups in total. The minimum Gasteiger partial charge on any atom is -0.476 e. The van der Waals surface area contributed by atoms with Crippen molar-refractivity contribution in [2.75, 3.05) is 0 Å². The van der Waals surface area contributed by atoms with E-state index in [0.717, 1.165) is 0 Å². The van der Waals surface area contributed by atoms with E-state index in [0.29, 0.717) is 0 Å². The summed E-state index contributed by atoms with van der Waals surface area (Å²) in [5, 5.41) is 15.4. The van der Waals surface area contributed by atoms with Gasteiger partial charge in [0.1, 0.15) is 0 Å². The second-order valence-corrected chi connectivity index (χ2v) is 2.14. The van der Waals surface area contributed by atoms with E-state index >= 15 is 0 Å². The van der Waals surface area contributed by atoms with Gasteiger partial charge in [-0.3, -0.25) is 0 Å². The molecular weight excluding hydrogens is 224 g/mol. The van der Waals surface area contributed by atoms with Gasteiger partial charge in [0, 0.05) is 0 Å². The molecule has 0 unspecified atom stereocenters. The van der Waals surface area contributed by atoms with Crippen molar-refractivity contribution in [2.45, 2.75) is 12.0 Å². The minimum atomic E-state index is -6.24. The van der Waals surface area contributed by atoms with Gasteiger partial charge >= 0.3 is 42.2 Å². The van der Waals surface area contributed by atoms with Gasteiger partial charge < -0.3 is 4.32 Å². The predicted octanol–water partition coefficient (Wildman–Crippen LogP) is -1.23. The van der Waals surface area contributed by atoms with E-state index in [2.05, 4.69) is 0 Å². The summed E-state index contributed by atoms with van der Waals surface area (Å²) in [6.45, 7) is 0. The molecule has 0 heterocycles. The summed E-state index contributed by atoms with van der Waals surface area (Å²) in [7, 11) is 0. The molecule has 0 rings (SSSR count). The fourth-order valence-electron chi connectivity index (χ4n) is 0.417. The number of nitrogens with zero attached hydrogens (tertiary/aromatic N) is 2. The van der Waals surface area contributed by atoms with Gasteiger partial charge in [0.2, 0.25) is 0 Å². The molecule has 0 bridgehead atoms. The Kier molecular flexibility index (Phi) is 5.08. The number of hydrogen-bond acceptors (Lipinski definition) is 2. The first kappa shape index (κ1) is 16.1. The van der Waals surface area contributed by atoms with Crippen molar-refractivity contribution < 1.29 is 55.8 Å². The van der Waals surface area contributed by atoms with Crippen molar-refractivity contribution in [1.29, 1.82) is 10.5 Å². The maximum absolute atomic E-state index is 12.4. The largest absolute Gasteiger partial charge is 1.00 e. The maximum Gasteiger partial charge on any atom is 1.00 e. The minimum absolute atomic E-state index is 0. The number of nitriles is 2. The molecule has 72 valence electrons. The zero-order valence-electron chi connectivity index (χ0n) is 6.74. The smallest absolute Gasteiger partial charge is 0.476 e. The van der Waals surface area contributed by atoms with Crippen LogP contribution < -0.4 is 29.6 Å². The normalized spacial score (nSPS) is 12.3. The zero-order chi connectivity index (χ0) is 10.9. The standard InChI is InChI=1S/C4BF6N2.Na/c6-3(7,4(8,9)10)5(11,1-12)2-13;/q-1;+1. The van der Waals surface area contributed by atoms with Crippen LogP contribution in [0.5, 0.6) is 0 Å². The number of halogens is 6. The molecule has 0 amide bonds. The molecule has 0 aromatic heterocycles. The summed E-state index contributed by atoms with van der Waals surface area (Å²) in [5.41, 5.74) is 0. The van der Waals surface area contributed by atoms with Crippen LogP contribution in [0.3, 0.4) is 0 Å². The van der Waals surface area contributed by atoms with Crippen LogP contribution in [0, 0.1) is 22.5 Å². The molecule has 0 aliphatic carbocycles. The van der Waals surface area contributed by atoms with E-state index in [9.17, 15) is 26.3 Å². The van der Waals surface area contributed by atoms with E-state index < -0.39 is 18.4 Å². The summed E-state index contributed by atoms with van der Waals surface area (Å²) in [4.78, 5) is 0. The van der Waals surface area contributed by atoms with Crippen molar-refractivity contribution >= 4 is 6.42 Å². The van der Waals surface area contributed by atoms with Gasteiger partial charge in [-0.2, -0.15) is 13.2 Å². The van der Waals surface area contributed by atoms with Crippen molar-refractivity contribution in [3.8, 4) is 11.9 Å². The summed E-state index contributed by atoms with van der Waals surface area (Å²) < 4.78 is 70.8. The van der Waals surface area contributed by atoms with Crippen molar-refractivity contribution in [2.24, 2.45) is 0 Å². The Morgan fingerprint density at radius 3 is 1.29 bits per heavy atom. The van der Waals surface area contributed by atoms with Crippen LogP contribution in [0.1, 0.15) is 0 Å². The molecule has 2 nitrogen and oxygen atoms in total. The summed E-state index contributed by atoms with van der Waals surface area (Å²) in [6, 6.07) is 0. The van der Waals surface area contributed by atoms with Crippen LogP contribution in [-0.2, 0) is 0 Å². The molecule has 0 aliphatic heterocycles. The SMILES string of the molecule is N#C[B-](F)(C#N)C(F)(F)C(F)(F)F.[Na+]. The van der Waals surface area contributed by atoms with E-state index in [1.54, 1.807) is 0 Å². The fraction of sp³-hybridized carbons (Fsp3) is 0.500. The fourth-order valence-corrected chi connectivity index (χ4v) is 0.417. The van der Waals surface area contributed by atoms with Crippen LogP contribution in [0.2, 0.25) is 0 Å². The van der Waals surface area contributed by atoms with Crippen molar-refractivity contribution in [3.05, 3.63) is 0 Å². The summed E-state index contributed by atoms with van der Waals surface area (Å²) in [6.07, 6.45) is -11.8. The Morgan fingerprint density at radius 2 is 1.21 bits per heavy atom. The van der Waals surface area contributed by atoms with E-state index in [1.807, 2.05) is 0 Å². The molecule has 0 saturated carbocycles. The van der Waals surface area contributed by atoms with Gasteiger partial charge in [0.15, 0.2) is 0 Å². The molecule has 0 spiro atoms. The van der Waals surface area contributed by atoms with E-state index in [4.69, 9.17) is 10.5 Å². The van der Waals surface area contributed by atoms with E-state index in [1.165, 1.54) is 0 Å². The first-order chi connectivity index (χ1) is 5.62. The van der Waals surface area contributed by atoms with Gasteiger partial charge in [-0.1, -0.05) is 11.9 Å². The molecule has 0 radical (unpaired) electrons. The van der Waals surface area contributed by atoms with Gasteiger partial charge in [0.05, 0.1) is 0 Å². The monoisotopic (exact) mass is 224 g/mol. The average Bonchev–Trinajstić information content (AvgIpc) is 2.00. The molecule has 14 heavy (non-hydrogen) atoms. The van der Waals surface area contributed by atoms with Crippen LogP contribution in [0.4, 0.5) is 26.3 Å². The van der Waals surface area contributed by atoms with Gasteiger partial charge in [-0.05, 0) is 0 Å². The molecular formula is C4BF6N2Na. The number of alkyl halides is 5. The van der Waals surface area contributed by atoms with Crippen LogP contribution in [0.25, 0.3) is 0 Å². The van der Waals surface area contributed by atoms with Gasteiger partial charge in [0.25, 0.3) is 5.82 Å². The zero-order valence-corrected chi connectivity index (χ0v) is 8.74. The summed E-state index contributed by atoms with van der Waals surface area (Å²) >= 11 is 0. The van der Waals surface area contributed by atoms with Crippen molar-refractivity contribution in [3.63, 3.8) is 0 Å². The number of hydrogen-bond donors (Lipinski definition) is 0. The summed E-state index contributed by atoms with van der Waals surface area (Å²) in [5.74, 6) is -5.85. The first-order valence-corrected chi connectivity index (χ1v) is 2.73. The Morgan fingerprint density at radius 1 is 0.929 bits per heavy atom. The first-order valence-electron chi connectivity index (χ1n) is 2.73. The molecule has 0 fully saturated rings. The predicted molar refractivity (Wildman–Crippen MR) is 29.1 cm³/mol. The van der Waals surface area contributed by atoms with Crippen LogP contribution in [0.15, 0.2) is 0 Å². The van der Waals surface area contributed by atoms with Gasteiger partial charge in [-0.15, -0.1) is 0 Å². The Hall–Kier alpha value is -0.375. The molecule has 0 aromatic carbocycles. The maximum atomic E-state index is 12.4. The third-order valence-corrected chi connectivity index (χ3v) is 1.23. The van der Waals surface area contributed by atoms with Crippen LogP contribution in [-0.4, -0.2) is 18.4 Å². The molecule has 0 aromatic rings. The Bertz CT molecular complexity index is 274. The quantitative estimate of drug-likeness (QED) is 0.413. The molecule has 0 aliphatic rings. The second-order valence-electron chi connectivity index (χ2n) is 2.14. The molecule has 10 heteroatoms. The van der Waals surface area contributed by atoms with Gasteiger partial charge in [-0.25, -0.2) is 19.3 Å². The van der Waals surface area contributed by atoms with E-state index in [-0.39, 0.29) is 41.5 Å². The molecule has 0 atom stereocenters. The second kappa shape index (κ2) is 4.43. The topological polar surface area (TPSA) is 47.6 Å². The third kappa shape index (κ3) is 2.35.